The average molecular weight is 595 g/mol. The van der Waals surface area contributed by atoms with Gasteiger partial charge in [-0.1, -0.05) is 90.1 Å². The molecule has 5 aromatic rings. The van der Waals surface area contributed by atoms with Gasteiger partial charge in [-0.15, -0.1) is 21.5 Å². The number of likely N-dealkylation sites (tertiary alicyclic amines) is 1. The molecule has 9 heteroatoms. The third kappa shape index (κ3) is 7.15. The zero-order chi connectivity index (χ0) is 28.7. The van der Waals surface area contributed by atoms with E-state index in [1.165, 1.54) is 28.0 Å². The highest BCUT2D eigenvalue weighted by molar-refractivity contribution is 7.98. The van der Waals surface area contributed by atoms with E-state index in [4.69, 9.17) is 0 Å². The van der Waals surface area contributed by atoms with Crippen molar-refractivity contribution in [1.29, 1.82) is 0 Å². The van der Waals surface area contributed by atoms with E-state index in [2.05, 4.69) is 97.6 Å². The maximum absolute atomic E-state index is 13.0. The first-order chi connectivity index (χ1) is 20.6. The maximum Gasteiger partial charge on any atom is 0.270 e. The number of amides is 1. The first-order valence-electron chi connectivity index (χ1n) is 14.3. The van der Waals surface area contributed by atoms with Crippen molar-refractivity contribution in [3.8, 4) is 5.69 Å². The van der Waals surface area contributed by atoms with Crippen molar-refractivity contribution in [2.75, 3.05) is 13.1 Å². The summed E-state index contributed by atoms with van der Waals surface area (Å²) in [5.74, 6) is 1.42. The molecule has 0 radical (unpaired) electrons. The van der Waals surface area contributed by atoms with Crippen molar-refractivity contribution in [2.24, 2.45) is 0 Å². The van der Waals surface area contributed by atoms with E-state index in [1.807, 2.05) is 29.6 Å². The lowest BCUT2D eigenvalue weighted by molar-refractivity contribution is 0.0904. The Morgan fingerprint density at radius 3 is 2.33 bits per heavy atom. The lowest BCUT2D eigenvalue weighted by atomic mass is 10.0. The van der Waals surface area contributed by atoms with Crippen LogP contribution in [0.2, 0.25) is 0 Å². The zero-order valence-electron chi connectivity index (χ0n) is 23.6. The third-order valence-corrected chi connectivity index (χ3v) is 9.45. The van der Waals surface area contributed by atoms with Gasteiger partial charge in [0.15, 0.2) is 5.16 Å². The Balaban J connectivity index is 1.06. The Bertz CT molecular complexity index is 1590. The van der Waals surface area contributed by atoms with Crippen molar-refractivity contribution in [2.45, 2.75) is 49.7 Å². The number of benzene rings is 3. The number of carbonyl (C=O) groups is 1. The number of hydrogen-bond acceptors (Lipinski definition) is 7. The van der Waals surface area contributed by atoms with E-state index in [9.17, 15) is 4.79 Å². The molecule has 0 unspecified atom stereocenters. The number of aryl methyl sites for hydroxylation is 1. The van der Waals surface area contributed by atoms with Crippen molar-refractivity contribution < 1.29 is 4.79 Å². The molecule has 42 heavy (non-hydrogen) atoms. The Kier molecular flexibility index (Phi) is 9.08. The van der Waals surface area contributed by atoms with Crippen molar-refractivity contribution in [1.82, 2.24) is 30.0 Å². The second-order valence-corrected chi connectivity index (χ2v) is 12.5. The average Bonchev–Trinajstić information content (AvgIpc) is 3.66. The number of nitrogens with zero attached hydrogens (tertiary/aromatic N) is 5. The fourth-order valence-corrected chi connectivity index (χ4v) is 6.95. The molecule has 0 bridgehead atoms. The quantitative estimate of drug-likeness (QED) is 0.191. The van der Waals surface area contributed by atoms with Crippen LogP contribution in [0.3, 0.4) is 0 Å². The Morgan fingerprint density at radius 2 is 1.62 bits per heavy atom. The first-order valence-corrected chi connectivity index (χ1v) is 16.2. The highest BCUT2D eigenvalue weighted by Gasteiger charge is 2.23. The molecule has 1 amide bonds. The summed E-state index contributed by atoms with van der Waals surface area (Å²) in [6.45, 7) is 5.00. The van der Waals surface area contributed by atoms with Crippen LogP contribution in [-0.4, -0.2) is 49.7 Å². The van der Waals surface area contributed by atoms with Gasteiger partial charge >= 0.3 is 0 Å². The largest absolute Gasteiger partial charge is 0.348 e. The number of nitrogens with one attached hydrogen (secondary N) is 1. The number of aromatic nitrogens is 4. The van der Waals surface area contributed by atoms with E-state index < -0.39 is 0 Å². The number of rotatable bonds is 10. The van der Waals surface area contributed by atoms with E-state index in [-0.39, 0.29) is 11.9 Å². The van der Waals surface area contributed by atoms with Gasteiger partial charge in [-0.2, -0.15) is 0 Å². The van der Waals surface area contributed by atoms with Gasteiger partial charge in [0.25, 0.3) is 5.91 Å². The van der Waals surface area contributed by atoms with E-state index >= 15 is 0 Å². The Labute approximate surface area is 255 Å². The smallest absolute Gasteiger partial charge is 0.270 e. The van der Waals surface area contributed by atoms with Gasteiger partial charge in [-0.3, -0.25) is 14.3 Å². The molecular formula is C33H34N6OS2. The molecule has 0 spiro atoms. The summed E-state index contributed by atoms with van der Waals surface area (Å²) in [5.41, 5.74) is 5.25. The number of thiazole rings is 1. The summed E-state index contributed by atoms with van der Waals surface area (Å²) >= 11 is 3.11. The van der Waals surface area contributed by atoms with Gasteiger partial charge in [0, 0.05) is 43.2 Å². The summed E-state index contributed by atoms with van der Waals surface area (Å²) in [6, 6.07) is 29.5. The molecule has 1 N–H and O–H groups in total. The van der Waals surface area contributed by atoms with Crippen LogP contribution in [0.4, 0.5) is 0 Å². The number of thioether (sulfide) groups is 1. The van der Waals surface area contributed by atoms with Crippen LogP contribution in [0.1, 0.15) is 50.9 Å². The van der Waals surface area contributed by atoms with E-state index in [0.29, 0.717) is 17.9 Å². The lowest BCUT2D eigenvalue weighted by Crippen LogP contribution is -2.44. The minimum atomic E-state index is -0.0861. The minimum Gasteiger partial charge on any atom is -0.348 e. The van der Waals surface area contributed by atoms with Gasteiger partial charge in [0.05, 0.1) is 5.75 Å². The minimum absolute atomic E-state index is 0.0861. The molecular weight excluding hydrogens is 561 g/mol. The lowest BCUT2D eigenvalue weighted by Gasteiger charge is -2.32. The summed E-state index contributed by atoms with van der Waals surface area (Å²) < 4.78 is 2.13. The topological polar surface area (TPSA) is 75.9 Å². The van der Waals surface area contributed by atoms with Crippen LogP contribution in [0, 0.1) is 6.92 Å². The molecule has 2 aromatic heterocycles. The molecule has 6 rings (SSSR count). The molecule has 3 aromatic carbocycles. The van der Waals surface area contributed by atoms with Crippen LogP contribution in [0.5, 0.6) is 0 Å². The Hall–Kier alpha value is -3.79. The molecule has 3 heterocycles. The predicted octanol–water partition coefficient (Wildman–Crippen LogP) is 6.31. The van der Waals surface area contributed by atoms with Gasteiger partial charge in [-0.25, -0.2) is 4.98 Å². The number of piperidine rings is 1. The van der Waals surface area contributed by atoms with E-state index in [0.717, 1.165) is 54.2 Å². The molecule has 214 valence electrons. The van der Waals surface area contributed by atoms with Crippen molar-refractivity contribution in [3.63, 3.8) is 0 Å². The summed E-state index contributed by atoms with van der Waals surface area (Å²) in [4.78, 5) is 20.1. The zero-order valence-corrected chi connectivity index (χ0v) is 25.3. The second-order valence-electron chi connectivity index (χ2n) is 10.7. The van der Waals surface area contributed by atoms with Crippen molar-refractivity contribution in [3.05, 3.63) is 124 Å². The van der Waals surface area contributed by atoms with E-state index in [1.54, 1.807) is 11.8 Å². The fraction of sp³-hybridized carbons (Fsp3) is 0.273. The highest BCUT2D eigenvalue weighted by atomic mass is 32.2. The monoisotopic (exact) mass is 594 g/mol. The third-order valence-electron chi connectivity index (χ3n) is 7.48. The van der Waals surface area contributed by atoms with Crippen molar-refractivity contribution >= 4 is 29.0 Å². The van der Waals surface area contributed by atoms with Crippen LogP contribution < -0.4 is 5.32 Å². The molecule has 1 aliphatic rings. The molecule has 0 saturated carbocycles. The first kappa shape index (κ1) is 28.3. The summed E-state index contributed by atoms with van der Waals surface area (Å²) in [7, 11) is 0. The van der Waals surface area contributed by atoms with Gasteiger partial charge in [0.2, 0.25) is 0 Å². The normalized spacial score (nSPS) is 14.2. The molecule has 1 aliphatic heterocycles. The van der Waals surface area contributed by atoms with Crippen LogP contribution in [0.15, 0.2) is 95.5 Å². The fourth-order valence-electron chi connectivity index (χ4n) is 5.18. The molecule has 1 fully saturated rings. The molecule has 0 aliphatic carbocycles. The standard InChI is InChI=1S/C33H34N6OS2/c1-24-12-14-28(15-13-24)39-30(20-25-8-4-2-5-9-25)36-37-33(39)42-23-31-35-29(22-41-31)32(40)34-27-16-18-38(19-17-27)21-26-10-6-3-7-11-26/h2-15,22,27H,16-21,23H2,1H3,(H,34,40). The predicted molar refractivity (Wildman–Crippen MR) is 169 cm³/mol. The van der Waals surface area contributed by atoms with Crippen LogP contribution in [-0.2, 0) is 18.7 Å². The van der Waals surface area contributed by atoms with Crippen LogP contribution in [0.25, 0.3) is 5.69 Å². The van der Waals surface area contributed by atoms with Gasteiger partial charge < -0.3 is 5.32 Å². The molecule has 0 atom stereocenters. The summed E-state index contributed by atoms with van der Waals surface area (Å²) in [6.07, 6.45) is 2.59. The Morgan fingerprint density at radius 1 is 0.929 bits per heavy atom. The number of hydrogen-bond donors (Lipinski definition) is 1. The molecule has 1 saturated heterocycles. The van der Waals surface area contributed by atoms with Gasteiger partial charge in [-0.05, 0) is 43.0 Å². The summed E-state index contributed by atoms with van der Waals surface area (Å²) in [5, 5.41) is 15.9. The van der Waals surface area contributed by atoms with Crippen LogP contribution >= 0.6 is 23.1 Å². The van der Waals surface area contributed by atoms with Gasteiger partial charge in [0.1, 0.15) is 16.5 Å². The maximum atomic E-state index is 13.0. The second kappa shape index (κ2) is 13.5. The SMILES string of the molecule is Cc1ccc(-n2c(Cc3ccccc3)nnc2SCc2nc(C(=O)NC3CCN(Cc4ccccc4)CC3)cs2)cc1. The number of carbonyl (C=O) groups excluding carboxylic acids is 1. The molecule has 7 nitrogen and oxygen atoms in total. The highest BCUT2D eigenvalue weighted by Crippen LogP contribution is 2.28.